The Morgan fingerprint density at radius 2 is 1.72 bits per heavy atom. The van der Waals surface area contributed by atoms with Crippen LogP contribution < -0.4 is 15.0 Å². The van der Waals surface area contributed by atoms with Crippen molar-refractivity contribution in [1.82, 2.24) is 25.3 Å². The second-order valence-electron chi connectivity index (χ2n) is 8.56. The van der Waals surface area contributed by atoms with Gasteiger partial charge in [-0.15, -0.1) is 5.10 Å². The fourth-order valence-corrected chi connectivity index (χ4v) is 4.32. The molecule has 1 saturated heterocycles. The van der Waals surface area contributed by atoms with Gasteiger partial charge in [-0.2, -0.15) is 10.2 Å². The minimum Gasteiger partial charge on any atom is -0.483 e. The van der Waals surface area contributed by atoms with Crippen LogP contribution in [0, 0.1) is 19.8 Å². The summed E-state index contributed by atoms with van der Waals surface area (Å²) >= 11 is 0. The maximum atomic E-state index is 6.71. The van der Waals surface area contributed by atoms with Crippen LogP contribution in [0.25, 0.3) is 16.6 Å². The molecule has 1 fully saturated rings. The molecular weight excluding hydrogens is 400 g/mol. The maximum absolute atomic E-state index is 6.71. The predicted molar refractivity (Wildman–Crippen MR) is 127 cm³/mol. The SMILES string of the molecule is Cc1nnc(N(C)C)c2nn(-c3ccccc3OC(c3ccccc3)C3CNC3)c(C)c12. The lowest BCUT2D eigenvalue weighted by Crippen LogP contribution is -2.46. The molecule has 7 nitrogen and oxygen atoms in total. The zero-order valence-corrected chi connectivity index (χ0v) is 18.9. The summed E-state index contributed by atoms with van der Waals surface area (Å²) in [7, 11) is 3.92. The lowest BCUT2D eigenvalue weighted by atomic mass is 9.91. The molecule has 0 spiro atoms. The van der Waals surface area contributed by atoms with Gasteiger partial charge in [-0.1, -0.05) is 42.5 Å². The van der Waals surface area contributed by atoms with E-state index >= 15 is 0 Å². The molecule has 2 aromatic carbocycles. The average molecular weight is 429 g/mol. The lowest BCUT2D eigenvalue weighted by molar-refractivity contribution is 0.0991. The number of benzene rings is 2. The minimum absolute atomic E-state index is 0.0220. The highest BCUT2D eigenvalue weighted by molar-refractivity contribution is 5.92. The topological polar surface area (TPSA) is 68.1 Å². The number of anilines is 1. The van der Waals surface area contributed by atoms with Crippen molar-refractivity contribution in [2.75, 3.05) is 32.1 Å². The number of rotatable bonds is 6. The normalized spacial score (nSPS) is 14.9. The van der Waals surface area contributed by atoms with Crippen LogP contribution in [0.1, 0.15) is 23.1 Å². The van der Waals surface area contributed by atoms with Gasteiger partial charge in [-0.05, 0) is 31.5 Å². The molecule has 5 rings (SSSR count). The second-order valence-corrected chi connectivity index (χ2v) is 8.56. The van der Waals surface area contributed by atoms with Crippen LogP contribution in [-0.2, 0) is 0 Å². The standard InChI is InChI=1S/C25H28N6O/c1-16-22-17(2)31(29-23(22)25(28-27-16)30(3)4)20-12-8-9-13-21(20)32-24(19-14-26-15-19)18-10-6-5-7-11-18/h5-13,19,24,26H,14-15H2,1-4H3. The molecular formula is C25H28N6O. The summed E-state index contributed by atoms with van der Waals surface area (Å²) < 4.78 is 8.67. The van der Waals surface area contributed by atoms with Gasteiger partial charge < -0.3 is 15.0 Å². The number of fused-ring (bicyclic) bond motifs is 1. The highest BCUT2D eigenvalue weighted by Crippen LogP contribution is 2.36. The van der Waals surface area contributed by atoms with Gasteiger partial charge in [-0.25, -0.2) is 4.68 Å². The van der Waals surface area contributed by atoms with Gasteiger partial charge in [-0.3, -0.25) is 0 Å². The van der Waals surface area contributed by atoms with Crippen molar-refractivity contribution >= 4 is 16.7 Å². The molecule has 3 heterocycles. The Hall–Kier alpha value is -3.45. The molecule has 0 saturated carbocycles. The third kappa shape index (κ3) is 3.48. The predicted octanol–water partition coefficient (Wildman–Crippen LogP) is 3.84. The monoisotopic (exact) mass is 428 g/mol. The van der Waals surface area contributed by atoms with E-state index in [1.807, 2.05) is 54.9 Å². The van der Waals surface area contributed by atoms with Crippen LogP contribution in [0.4, 0.5) is 5.82 Å². The first kappa shape index (κ1) is 20.5. The molecule has 164 valence electrons. The zero-order valence-electron chi connectivity index (χ0n) is 18.9. The van der Waals surface area contributed by atoms with E-state index < -0.39 is 0 Å². The van der Waals surface area contributed by atoms with Crippen molar-refractivity contribution in [3.8, 4) is 11.4 Å². The van der Waals surface area contributed by atoms with Gasteiger partial charge in [0.1, 0.15) is 23.1 Å². The van der Waals surface area contributed by atoms with Gasteiger partial charge in [0.25, 0.3) is 0 Å². The number of nitrogens with one attached hydrogen (secondary N) is 1. The summed E-state index contributed by atoms with van der Waals surface area (Å²) in [5, 5.41) is 18.1. The number of hydrogen-bond donors (Lipinski definition) is 1. The van der Waals surface area contributed by atoms with Crippen LogP contribution in [0.3, 0.4) is 0 Å². The van der Waals surface area contributed by atoms with Crippen molar-refractivity contribution in [2.24, 2.45) is 5.92 Å². The molecule has 1 N–H and O–H groups in total. The first-order chi connectivity index (χ1) is 15.5. The molecule has 1 unspecified atom stereocenters. The molecule has 7 heteroatoms. The molecule has 32 heavy (non-hydrogen) atoms. The van der Waals surface area contributed by atoms with Gasteiger partial charge in [0, 0.05) is 33.1 Å². The van der Waals surface area contributed by atoms with E-state index in [2.05, 4.69) is 52.8 Å². The summed E-state index contributed by atoms with van der Waals surface area (Å²) in [4.78, 5) is 1.95. The first-order valence-corrected chi connectivity index (χ1v) is 11.0. The minimum atomic E-state index is -0.0220. The molecule has 1 aliphatic rings. The number of aryl methyl sites for hydroxylation is 2. The number of hydrogen-bond acceptors (Lipinski definition) is 6. The van der Waals surface area contributed by atoms with E-state index in [0.717, 1.165) is 52.6 Å². The quantitative estimate of drug-likeness (QED) is 0.503. The summed E-state index contributed by atoms with van der Waals surface area (Å²) in [6.07, 6.45) is -0.0220. The Balaban J connectivity index is 1.61. The van der Waals surface area contributed by atoms with E-state index in [4.69, 9.17) is 9.84 Å². The lowest BCUT2D eigenvalue weighted by Gasteiger charge is -2.35. The molecule has 2 aromatic heterocycles. The number of para-hydroxylation sites is 2. The summed E-state index contributed by atoms with van der Waals surface area (Å²) in [5.74, 6) is 2.00. The Bertz CT molecular complexity index is 1250. The summed E-state index contributed by atoms with van der Waals surface area (Å²) in [5.41, 5.74) is 4.84. The molecule has 1 aliphatic heterocycles. The van der Waals surface area contributed by atoms with Crippen molar-refractivity contribution < 1.29 is 4.74 Å². The molecule has 0 amide bonds. The van der Waals surface area contributed by atoms with Crippen molar-refractivity contribution in [3.63, 3.8) is 0 Å². The Morgan fingerprint density at radius 1 is 1.00 bits per heavy atom. The molecule has 0 radical (unpaired) electrons. The average Bonchev–Trinajstić information content (AvgIpc) is 3.11. The van der Waals surface area contributed by atoms with E-state index in [0.29, 0.717) is 5.92 Å². The smallest absolute Gasteiger partial charge is 0.179 e. The largest absolute Gasteiger partial charge is 0.483 e. The Labute approximate surface area is 188 Å². The number of nitrogens with zero attached hydrogens (tertiary/aromatic N) is 5. The molecule has 0 bridgehead atoms. The molecule has 4 aromatic rings. The molecule has 1 atom stereocenters. The molecule has 0 aliphatic carbocycles. The third-order valence-corrected chi connectivity index (χ3v) is 6.12. The van der Waals surface area contributed by atoms with Crippen molar-refractivity contribution in [3.05, 3.63) is 71.5 Å². The maximum Gasteiger partial charge on any atom is 0.179 e. The van der Waals surface area contributed by atoms with Crippen LogP contribution in [-0.4, -0.2) is 47.2 Å². The number of aromatic nitrogens is 4. The Kier molecular flexibility index (Phi) is 5.27. The van der Waals surface area contributed by atoms with Crippen LogP contribution in [0.2, 0.25) is 0 Å². The van der Waals surface area contributed by atoms with Crippen molar-refractivity contribution in [2.45, 2.75) is 20.0 Å². The van der Waals surface area contributed by atoms with Crippen LogP contribution in [0.5, 0.6) is 5.75 Å². The van der Waals surface area contributed by atoms with Crippen LogP contribution >= 0.6 is 0 Å². The highest BCUT2D eigenvalue weighted by Gasteiger charge is 2.31. The van der Waals surface area contributed by atoms with E-state index in [9.17, 15) is 0 Å². The summed E-state index contributed by atoms with van der Waals surface area (Å²) in [6.45, 7) is 5.96. The Morgan fingerprint density at radius 3 is 2.41 bits per heavy atom. The van der Waals surface area contributed by atoms with Gasteiger partial charge in [0.2, 0.25) is 0 Å². The summed E-state index contributed by atoms with van der Waals surface area (Å²) in [6, 6.07) is 18.6. The highest BCUT2D eigenvalue weighted by atomic mass is 16.5. The van der Waals surface area contributed by atoms with E-state index in [1.165, 1.54) is 5.56 Å². The van der Waals surface area contributed by atoms with E-state index in [1.54, 1.807) is 0 Å². The zero-order chi connectivity index (χ0) is 22.2. The second kappa shape index (κ2) is 8.24. The van der Waals surface area contributed by atoms with Crippen LogP contribution in [0.15, 0.2) is 54.6 Å². The fraction of sp³-hybridized carbons (Fsp3) is 0.320. The van der Waals surface area contributed by atoms with Gasteiger partial charge >= 0.3 is 0 Å². The number of ether oxygens (including phenoxy) is 1. The van der Waals surface area contributed by atoms with Gasteiger partial charge in [0.05, 0.1) is 16.8 Å². The van der Waals surface area contributed by atoms with Gasteiger partial charge in [0.15, 0.2) is 5.82 Å². The fourth-order valence-electron chi connectivity index (χ4n) is 4.32. The third-order valence-electron chi connectivity index (χ3n) is 6.12. The first-order valence-electron chi connectivity index (χ1n) is 11.0. The van der Waals surface area contributed by atoms with E-state index in [-0.39, 0.29) is 6.10 Å². The van der Waals surface area contributed by atoms with Crippen molar-refractivity contribution in [1.29, 1.82) is 0 Å².